The molecule has 0 atom stereocenters. The van der Waals surface area contributed by atoms with Crippen LogP contribution in [0, 0.1) is 11.3 Å². The summed E-state index contributed by atoms with van der Waals surface area (Å²) in [6, 6.07) is 0. The van der Waals surface area contributed by atoms with Gasteiger partial charge in [-0.05, 0) is 38.8 Å². The Morgan fingerprint density at radius 1 is 1.29 bits per heavy atom. The van der Waals surface area contributed by atoms with Crippen molar-refractivity contribution in [2.45, 2.75) is 38.5 Å². The highest BCUT2D eigenvalue weighted by molar-refractivity contribution is 5.76. The van der Waals surface area contributed by atoms with Crippen molar-refractivity contribution < 1.29 is 4.74 Å². The molecule has 4 nitrogen and oxygen atoms in total. The molecule has 1 rings (SSSR count). The highest BCUT2D eigenvalue weighted by Gasteiger charge is 2.12. The molecule has 0 amide bonds. The maximum absolute atomic E-state index is 7.17. The molecule has 0 aromatic heterocycles. The van der Waals surface area contributed by atoms with E-state index in [0.29, 0.717) is 12.3 Å². The first-order chi connectivity index (χ1) is 8.18. The van der Waals surface area contributed by atoms with Crippen LogP contribution in [0.15, 0.2) is 0 Å². The topological polar surface area (TPSA) is 62.3 Å². The van der Waals surface area contributed by atoms with Crippen molar-refractivity contribution >= 4 is 5.84 Å². The number of nitrogens with two attached hydrogens (primary N) is 1. The van der Waals surface area contributed by atoms with Crippen LogP contribution in [0.4, 0.5) is 0 Å². The summed E-state index contributed by atoms with van der Waals surface area (Å²) < 4.78 is 5.36. The highest BCUT2D eigenvalue weighted by atomic mass is 16.5. The van der Waals surface area contributed by atoms with Crippen molar-refractivity contribution in [1.82, 2.24) is 4.90 Å². The smallest absolute Gasteiger partial charge is 0.0918 e. The Morgan fingerprint density at radius 3 is 2.65 bits per heavy atom. The van der Waals surface area contributed by atoms with Gasteiger partial charge >= 0.3 is 0 Å². The second-order valence-corrected chi connectivity index (χ2v) is 5.13. The van der Waals surface area contributed by atoms with Gasteiger partial charge in [0.1, 0.15) is 0 Å². The van der Waals surface area contributed by atoms with Crippen molar-refractivity contribution in [1.29, 1.82) is 5.41 Å². The van der Waals surface area contributed by atoms with Gasteiger partial charge in [-0.3, -0.25) is 5.41 Å². The Balaban J connectivity index is 1.93. The quantitative estimate of drug-likeness (QED) is 0.387. The first-order valence-electron chi connectivity index (χ1n) is 6.77. The molecule has 1 fully saturated rings. The largest absolute Gasteiger partial charge is 0.388 e. The molecule has 4 heteroatoms. The molecule has 0 spiro atoms. The SMILES string of the molecule is CN(CCCCC1CCOCC1)CCC(=N)N. The molecule has 0 aromatic rings. The number of amidine groups is 1. The van der Waals surface area contributed by atoms with E-state index in [2.05, 4.69) is 11.9 Å². The van der Waals surface area contributed by atoms with Crippen LogP contribution in [0.2, 0.25) is 0 Å². The average molecular weight is 241 g/mol. The third kappa shape index (κ3) is 7.34. The number of unbranched alkanes of at least 4 members (excludes halogenated alkanes) is 1. The fraction of sp³-hybridized carbons (Fsp3) is 0.923. The van der Waals surface area contributed by atoms with Crippen molar-refractivity contribution in [3.05, 3.63) is 0 Å². The van der Waals surface area contributed by atoms with Crippen LogP contribution in [0.1, 0.15) is 38.5 Å². The molecule has 0 radical (unpaired) electrons. The van der Waals surface area contributed by atoms with E-state index in [4.69, 9.17) is 15.9 Å². The molecule has 17 heavy (non-hydrogen) atoms. The van der Waals surface area contributed by atoms with E-state index in [1.807, 2.05) is 0 Å². The van der Waals surface area contributed by atoms with Gasteiger partial charge in [-0.25, -0.2) is 0 Å². The van der Waals surface area contributed by atoms with Crippen LogP contribution in [-0.4, -0.2) is 44.1 Å². The van der Waals surface area contributed by atoms with Gasteiger partial charge in [0.15, 0.2) is 0 Å². The van der Waals surface area contributed by atoms with E-state index in [9.17, 15) is 0 Å². The van der Waals surface area contributed by atoms with E-state index in [0.717, 1.165) is 32.2 Å². The zero-order valence-electron chi connectivity index (χ0n) is 11.1. The van der Waals surface area contributed by atoms with Crippen molar-refractivity contribution in [2.24, 2.45) is 11.7 Å². The summed E-state index contributed by atoms with van der Waals surface area (Å²) in [4.78, 5) is 2.27. The fourth-order valence-corrected chi connectivity index (χ4v) is 2.27. The molecule has 0 aliphatic carbocycles. The highest BCUT2D eigenvalue weighted by Crippen LogP contribution is 2.20. The normalized spacial score (nSPS) is 17.5. The number of rotatable bonds is 8. The fourth-order valence-electron chi connectivity index (χ4n) is 2.27. The van der Waals surface area contributed by atoms with Crippen LogP contribution >= 0.6 is 0 Å². The Bertz CT molecular complexity index is 215. The lowest BCUT2D eigenvalue weighted by molar-refractivity contribution is 0.0629. The number of hydrogen-bond acceptors (Lipinski definition) is 3. The Kier molecular flexibility index (Phi) is 7.21. The van der Waals surface area contributed by atoms with Gasteiger partial charge in [-0.1, -0.05) is 12.8 Å². The zero-order valence-corrected chi connectivity index (χ0v) is 11.1. The Morgan fingerprint density at radius 2 is 2.00 bits per heavy atom. The number of nitrogens with zero attached hydrogens (tertiary/aromatic N) is 1. The number of nitrogens with one attached hydrogen (secondary N) is 1. The molecule has 0 bridgehead atoms. The van der Waals surface area contributed by atoms with Crippen LogP contribution in [0.3, 0.4) is 0 Å². The standard InChI is InChI=1S/C13H27N3O/c1-16(9-5-13(14)15)8-3-2-4-12-6-10-17-11-7-12/h12H,2-11H2,1H3,(H3,14,15). The van der Waals surface area contributed by atoms with E-state index >= 15 is 0 Å². The van der Waals surface area contributed by atoms with Gasteiger partial charge < -0.3 is 15.4 Å². The van der Waals surface area contributed by atoms with Crippen LogP contribution in [-0.2, 0) is 4.74 Å². The van der Waals surface area contributed by atoms with Crippen LogP contribution in [0.25, 0.3) is 0 Å². The second-order valence-electron chi connectivity index (χ2n) is 5.13. The summed E-state index contributed by atoms with van der Waals surface area (Å²) in [5.74, 6) is 1.19. The summed E-state index contributed by atoms with van der Waals surface area (Å²) in [6.45, 7) is 3.95. The van der Waals surface area contributed by atoms with Crippen molar-refractivity contribution in [2.75, 3.05) is 33.4 Å². The van der Waals surface area contributed by atoms with Crippen LogP contribution < -0.4 is 5.73 Å². The van der Waals surface area contributed by atoms with Gasteiger partial charge in [0.05, 0.1) is 5.84 Å². The summed E-state index contributed by atoms with van der Waals surface area (Å²) in [6.07, 6.45) is 7.11. The monoisotopic (exact) mass is 241 g/mol. The van der Waals surface area contributed by atoms with Gasteiger partial charge in [-0.2, -0.15) is 0 Å². The van der Waals surface area contributed by atoms with E-state index in [1.165, 1.54) is 32.1 Å². The molecule has 0 saturated carbocycles. The molecular formula is C13H27N3O. The molecular weight excluding hydrogens is 214 g/mol. The predicted molar refractivity (Wildman–Crippen MR) is 71.4 cm³/mol. The lowest BCUT2D eigenvalue weighted by atomic mass is 9.94. The lowest BCUT2D eigenvalue weighted by Crippen LogP contribution is -2.25. The van der Waals surface area contributed by atoms with Crippen molar-refractivity contribution in [3.63, 3.8) is 0 Å². The van der Waals surface area contributed by atoms with Gasteiger partial charge in [-0.15, -0.1) is 0 Å². The molecule has 0 aromatic carbocycles. The minimum Gasteiger partial charge on any atom is -0.388 e. The van der Waals surface area contributed by atoms with E-state index < -0.39 is 0 Å². The Labute approximate surface area is 105 Å². The van der Waals surface area contributed by atoms with Gasteiger partial charge in [0.25, 0.3) is 0 Å². The van der Waals surface area contributed by atoms with E-state index in [1.54, 1.807) is 0 Å². The zero-order chi connectivity index (χ0) is 12.5. The molecule has 1 aliphatic rings. The minimum absolute atomic E-state index is 0.291. The van der Waals surface area contributed by atoms with Crippen molar-refractivity contribution in [3.8, 4) is 0 Å². The first kappa shape index (κ1) is 14.5. The molecule has 3 N–H and O–H groups in total. The molecule has 1 saturated heterocycles. The number of ether oxygens (including phenoxy) is 1. The summed E-state index contributed by atoms with van der Waals surface area (Å²) >= 11 is 0. The van der Waals surface area contributed by atoms with Gasteiger partial charge in [0, 0.05) is 26.2 Å². The lowest BCUT2D eigenvalue weighted by Gasteiger charge is -2.22. The van der Waals surface area contributed by atoms with Gasteiger partial charge in [0.2, 0.25) is 0 Å². The first-order valence-corrected chi connectivity index (χ1v) is 6.77. The maximum atomic E-state index is 7.17. The predicted octanol–water partition coefficient (Wildman–Crippen LogP) is 1.84. The third-order valence-corrected chi connectivity index (χ3v) is 3.51. The average Bonchev–Trinajstić information content (AvgIpc) is 2.33. The minimum atomic E-state index is 0.291. The summed E-state index contributed by atoms with van der Waals surface area (Å²) in [5.41, 5.74) is 5.34. The van der Waals surface area contributed by atoms with Crippen LogP contribution in [0.5, 0.6) is 0 Å². The Hall–Kier alpha value is -0.610. The molecule has 100 valence electrons. The van der Waals surface area contributed by atoms with E-state index in [-0.39, 0.29) is 0 Å². The molecule has 1 aliphatic heterocycles. The third-order valence-electron chi connectivity index (χ3n) is 3.51. The number of hydrogen-bond donors (Lipinski definition) is 2. The molecule has 0 unspecified atom stereocenters. The second kappa shape index (κ2) is 8.48. The molecule has 1 heterocycles. The summed E-state index contributed by atoms with van der Waals surface area (Å²) in [7, 11) is 2.11. The maximum Gasteiger partial charge on any atom is 0.0918 e. The summed E-state index contributed by atoms with van der Waals surface area (Å²) in [5, 5.41) is 7.17.